The molecule has 11 heteroatoms. The van der Waals surface area contributed by atoms with Crippen molar-refractivity contribution in [2.45, 2.75) is 91.2 Å². The van der Waals surface area contributed by atoms with Crippen molar-refractivity contribution < 1.29 is 32.1 Å². The summed E-state index contributed by atoms with van der Waals surface area (Å²) in [6.45, 7) is 24.5. The number of carbonyl (C=O) groups is 2. The number of hydrogen-bond donors (Lipinski definition) is 2. The number of hydrogen-bond acceptors (Lipinski definition) is 5. The largest absolute Gasteiger partial charge is 0.478 e. The summed E-state index contributed by atoms with van der Waals surface area (Å²) in [6.07, 6.45) is 2.87. The Morgan fingerprint density at radius 2 is 1.25 bits per heavy atom. The zero-order chi connectivity index (χ0) is 25.5. The molecule has 0 radical (unpaired) electrons. The molecule has 0 aromatic heterocycles. The van der Waals surface area contributed by atoms with E-state index in [0.29, 0.717) is 25.3 Å². The van der Waals surface area contributed by atoms with Crippen molar-refractivity contribution in [2.24, 2.45) is 5.92 Å². The lowest BCUT2D eigenvalue weighted by Crippen LogP contribution is -2.60. The van der Waals surface area contributed by atoms with Crippen LogP contribution in [0.15, 0.2) is 23.8 Å². The second-order valence-electron chi connectivity index (χ2n) is 11.0. The van der Waals surface area contributed by atoms with Gasteiger partial charge in [0.25, 0.3) is 0 Å². The Kier molecular flexibility index (Phi) is 11.7. The van der Waals surface area contributed by atoms with Crippen LogP contribution >= 0.6 is 0 Å². The maximum Gasteiger partial charge on any atom is 0.469 e. The summed E-state index contributed by atoms with van der Waals surface area (Å²) >= 11 is 0. The molecule has 2 N–H and O–H groups in total. The molecule has 0 bridgehead atoms. The van der Waals surface area contributed by atoms with Gasteiger partial charge in [0.15, 0.2) is 25.0 Å². The third-order valence-corrected chi connectivity index (χ3v) is 16.2. The molecule has 0 aliphatic heterocycles. The SMILES string of the molecule is C=C(C(=O)O)C(C=C(CC)C(=O)O)CCC[Si](O[Si](C)(C)C)(O[Si](C)(C)C)O[Si](C)(C)C. The van der Waals surface area contributed by atoms with Crippen LogP contribution in [-0.4, -0.2) is 55.9 Å². The highest BCUT2D eigenvalue weighted by atomic mass is 28.5. The fourth-order valence-corrected chi connectivity index (χ4v) is 17.9. The molecule has 32 heavy (non-hydrogen) atoms. The van der Waals surface area contributed by atoms with Gasteiger partial charge in [-0.2, -0.15) is 0 Å². The molecular formula is C21H44O7Si4. The molecular weight excluding hydrogens is 477 g/mol. The van der Waals surface area contributed by atoms with Gasteiger partial charge in [-0.1, -0.05) is 19.6 Å². The third-order valence-electron chi connectivity index (χ3n) is 4.16. The van der Waals surface area contributed by atoms with Crippen LogP contribution in [0.5, 0.6) is 0 Å². The molecule has 0 aliphatic carbocycles. The van der Waals surface area contributed by atoms with Crippen LogP contribution < -0.4 is 0 Å². The van der Waals surface area contributed by atoms with Gasteiger partial charge in [-0.15, -0.1) is 0 Å². The van der Waals surface area contributed by atoms with Crippen LogP contribution in [0, 0.1) is 5.92 Å². The zero-order valence-corrected chi connectivity index (χ0v) is 25.6. The second kappa shape index (κ2) is 12.0. The molecule has 0 heterocycles. The first-order valence-electron chi connectivity index (χ1n) is 11.2. The summed E-state index contributed by atoms with van der Waals surface area (Å²) in [4.78, 5) is 23.1. The Bertz CT molecular complexity index is 660. The fraction of sp³-hybridized carbons (Fsp3) is 0.714. The molecule has 0 rings (SSSR count). The minimum absolute atomic E-state index is 0.00666. The molecule has 1 atom stereocenters. The average molecular weight is 521 g/mol. The van der Waals surface area contributed by atoms with E-state index in [1.807, 2.05) is 0 Å². The van der Waals surface area contributed by atoms with Gasteiger partial charge in [-0.25, -0.2) is 9.59 Å². The monoisotopic (exact) mass is 520 g/mol. The van der Waals surface area contributed by atoms with Crippen molar-refractivity contribution in [1.82, 2.24) is 0 Å². The third kappa shape index (κ3) is 13.0. The lowest BCUT2D eigenvalue weighted by molar-refractivity contribution is -0.134. The van der Waals surface area contributed by atoms with Crippen molar-refractivity contribution >= 4 is 45.7 Å². The number of allylic oxidation sites excluding steroid dienone is 1. The summed E-state index contributed by atoms with van der Waals surface area (Å²) in [5.74, 6) is -2.73. The fourth-order valence-electron chi connectivity index (χ4n) is 3.25. The van der Waals surface area contributed by atoms with Gasteiger partial charge in [0.2, 0.25) is 0 Å². The minimum Gasteiger partial charge on any atom is -0.478 e. The first-order chi connectivity index (χ1) is 14.2. The summed E-state index contributed by atoms with van der Waals surface area (Å²) in [6, 6.07) is 0.567. The molecule has 0 amide bonds. The zero-order valence-electron chi connectivity index (χ0n) is 21.6. The maximum atomic E-state index is 11.6. The van der Waals surface area contributed by atoms with E-state index in [9.17, 15) is 19.8 Å². The Morgan fingerprint density at radius 3 is 1.53 bits per heavy atom. The quantitative estimate of drug-likeness (QED) is 0.203. The molecule has 186 valence electrons. The van der Waals surface area contributed by atoms with E-state index in [2.05, 4.69) is 65.5 Å². The van der Waals surface area contributed by atoms with Gasteiger partial charge >= 0.3 is 20.7 Å². The number of aliphatic carboxylic acids is 2. The summed E-state index contributed by atoms with van der Waals surface area (Å²) in [5, 5.41) is 18.9. The number of rotatable bonds is 15. The molecule has 0 saturated carbocycles. The normalized spacial score (nSPS) is 14.9. The Labute approximate surface area is 198 Å². The van der Waals surface area contributed by atoms with E-state index in [1.165, 1.54) is 6.08 Å². The Hall–Kier alpha value is -0.832. The van der Waals surface area contributed by atoms with Crippen molar-refractivity contribution in [3.8, 4) is 0 Å². The molecule has 7 nitrogen and oxygen atoms in total. The van der Waals surface area contributed by atoms with Gasteiger partial charge in [0.05, 0.1) is 0 Å². The van der Waals surface area contributed by atoms with Crippen LogP contribution in [0.4, 0.5) is 0 Å². The van der Waals surface area contributed by atoms with E-state index in [0.717, 1.165) is 0 Å². The van der Waals surface area contributed by atoms with Crippen molar-refractivity contribution in [1.29, 1.82) is 0 Å². The van der Waals surface area contributed by atoms with Crippen LogP contribution in [0.2, 0.25) is 65.0 Å². The standard InChI is InChI=1S/C21H44O7Si4/c1-12-18(21(24)25)16-19(17(2)20(22)23)14-13-15-32(26-29(3,4)5,27-30(6,7)8)28-31(9,10)11/h16,19H,2,12-15H2,1,3-11H3,(H,22,23)(H,24,25). The molecule has 0 aromatic rings. The molecule has 0 aromatic carbocycles. The molecule has 0 saturated heterocycles. The highest BCUT2D eigenvalue weighted by molar-refractivity contribution is 6.90. The number of carboxylic acids is 2. The first kappa shape index (κ1) is 31.2. The molecule has 0 aliphatic rings. The van der Waals surface area contributed by atoms with E-state index in [1.54, 1.807) is 6.92 Å². The highest BCUT2D eigenvalue weighted by Crippen LogP contribution is 2.32. The Balaban J connectivity index is 5.98. The Morgan fingerprint density at radius 1 is 0.844 bits per heavy atom. The lowest BCUT2D eigenvalue weighted by Gasteiger charge is -2.43. The minimum atomic E-state index is -3.03. The molecule has 0 fully saturated rings. The topological polar surface area (TPSA) is 102 Å². The van der Waals surface area contributed by atoms with Crippen LogP contribution in [0.3, 0.4) is 0 Å². The first-order valence-corrected chi connectivity index (χ1v) is 23.3. The lowest BCUT2D eigenvalue weighted by atomic mass is 9.92. The predicted molar refractivity (Wildman–Crippen MR) is 139 cm³/mol. The van der Waals surface area contributed by atoms with Gasteiger partial charge in [0.1, 0.15) is 0 Å². The van der Waals surface area contributed by atoms with E-state index in [-0.39, 0.29) is 11.1 Å². The second-order valence-corrected chi connectivity index (χ2v) is 28.0. The van der Waals surface area contributed by atoms with Crippen molar-refractivity contribution in [3.63, 3.8) is 0 Å². The molecule has 1 unspecified atom stereocenters. The van der Waals surface area contributed by atoms with E-state index < -0.39 is 51.6 Å². The summed E-state index contributed by atoms with van der Waals surface area (Å²) in [7, 11) is -9.03. The van der Waals surface area contributed by atoms with E-state index in [4.69, 9.17) is 12.3 Å². The molecule has 0 spiro atoms. The number of carboxylic acid groups (broad SMARTS) is 2. The summed E-state index contributed by atoms with van der Waals surface area (Å²) in [5.41, 5.74) is 0.184. The highest BCUT2D eigenvalue weighted by Gasteiger charge is 2.49. The van der Waals surface area contributed by atoms with Crippen LogP contribution in [0.25, 0.3) is 0 Å². The van der Waals surface area contributed by atoms with Gasteiger partial charge < -0.3 is 22.6 Å². The van der Waals surface area contributed by atoms with Gasteiger partial charge in [-0.3, -0.25) is 0 Å². The van der Waals surface area contributed by atoms with E-state index >= 15 is 0 Å². The predicted octanol–water partition coefficient (Wildman–Crippen LogP) is 5.94. The van der Waals surface area contributed by atoms with Crippen molar-refractivity contribution in [2.75, 3.05) is 0 Å². The smallest absolute Gasteiger partial charge is 0.469 e. The van der Waals surface area contributed by atoms with Gasteiger partial charge in [0, 0.05) is 23.1 Å². The van der Waals surface area contributed by atoms with Crippen LogP contribution in [0.1, 0.15) is 26.2 Å². The van der Waals surface area contributed by atoms with Crippen molar-refractivity contribution in [3.05, 3.63) is 23.8 Å². The maximum absolute atomic E-state index is 11.6. The average Bonchev–Trinajstić information content (AvgIpc) is 2.51. The van der Waals surface area contributed by atoms with Crippen LogP contribution in [-0.2, 0) is 21.9 Å². The summed E-state index contributed by atoms with van der Waals surface area (Å²) < 4.78 is 20.0. The van der Waals surface area contributed by atoms with Gasteiger partial charge in [-0.05, 0) is 78.2 Å².